The van der Waals surface area contributed by atoms with E-state index in [4.69, 9.17) is 11.0 Å². The van der Waals surface area contributed by atoms with E-state index >= 15 is 0 Å². The van der Waals surface area contributed by atoms with E-state index in [0.717, 1.165) is 17.7 Å². The van der Waals surface area contributed by atoms with Crippen molar-refractivity contribution in [2.45, 2.75) is 19.4 Å². The minimum Gasteiger partial charge on any atom is -0.399 e. The van der Waals surface area contributed by atoms with Crippen LogP contribution in [-0.4, -0.2) is 9.55 Å². The van der Waals surface area contributed by atoms with Crippen molar-refractivity contribution in [2.75, 3.05) is 5.73 Å². The summed E-state index contributed by atoms with van der Waals surface area (Å²) in [7, 11) is 0. The predicted molar refractivity (Wildman–Crippen MR) is 84.3 cm³/mol. The number of anilines is 1. The third-order valence-corrected chi connectivity index (χ3v) is 3.63. The number of nitrogens with zero attached hydrogens (tertiary/aromatic N) is 3. The summed E-state index contributed by atoms with van der Waals surface area (Å²) in [5.41, 5.74) is 8.01. The number of aryl methyl sites for hydroxylation is 1. The van der Waals surface area contributed by atoms with Crippen LogP contribution < -0.4 is 5.73 Å². The van der Waals surface area contributed by atoms with Crippen LogP contribution in [0.15, 0.2) is 36.4 Å². The zero-order chi connectivity index (χ0) is 16.4. The summed E-state index contributed by atoms with van der Waals surface area (Å²) in [5.74, 6) is -1.24. The van der Waals surface area contributed by atoms with Crippen molar-refractivity contribution >= 4 is 16.7 Å². The lowest BCUT2D eigenvalue weighted by Gasteiger charge is -2.08. The summed E-state index contributed by atoms with van der Waals surface area (Å²) >= 11 is 0. The Morgan fingerprint density at radius 3 is 2.52 bits per heavy atom. The molecule has 1 heterocycles. The Hall–Kier alpha value is -2.94. The first-order valence-corrected chi connectivity index (χ1v) is 7.18. The normalized spacial score (nSPS) is 10.8. The van der Waals surface area contributed by atoms with Gasteiger partial charge in [0.15, 0.2) is 11.6 Å². The van der Waals surface area contributed by atoms with Crippen molar-refractivity contribution in [3.8, 4) is 17.5 Å². The number of nitrogens with two attached hydrogens (primary N) is 1. The number of unbranched alkanes of at least 4 members (excludes halogenated alkanes) is 1. The molecule has 0 saturated heterocycles. The molecule has 23 heavy (non-hydrogen) atoms. The molecule has 0 radical (unpaired) electrons. The maximum absolute atomic E-state index is 13.6. The number of imidazole rings is 1. The van der Waals surface area contributed by atoms with Crippen LogP contribution in [-0.2, 0) is 6.54 Å². The summed E-state index contributed by atoms with van der Waals surface area (Å²) in [5, 5.41) is 8.71. The lowest BCUT2D eigenvalue weighted by atomic mass is 10.2. The molecule has 3 rings (SSSR count). The van der Waals surface area contributed by atoms with Crippen LogP contribution in [0.2, 0.25) is 0 Å². The maximum Gasteiger partial charge on any atom is 0.161 e. The van der Waals surface area contributed by atoms with E-state index in [1.807, 2.05) is 12.1 Å². The molecule has 2 N–H and O–H groups in total. The highest BCUT2D eigenvalue weighted by Gasteiger charge is 2.15. The number of benzene rings is 2. The fourth-order valence-electron chi connectivity index (χ4n) is 2.52. The number of fused-ring (bicyclic) bond motifs is 1. The van der Waals surface area contributed by atoms with E-state index in [0.29, 0.717) is 41.9 Å². The Morgan fingerprint density at radius 1 is 1.13 bits per heavy atom. The first-order chi connectivity index (χ1) is 11.1. The average Bonchev–Trinajstić information content (AvgIpc) is 2.87. The van der Waals surface area contributed by atoms with Gasteiger partial charge in [0, 0.05) is 36.3 Å². The number of rotatable bonds is 4. The van der Waals surface area contributed by atoms with Crippen molar-refractivity contribution in [2.24, 2.45) is 0 Å². The SMILES string of the molecule is N#CCCCn1c(-c2ccc(N)cc2)nc2cc(F)c(F)cc21. The first kappa shape index (κ1) is 15.0. The van der Waals surface area contributed by atoms with Gasteiger partial charge in [0.1, 0.15) is 5.82 Å². The summed E-state index contributed by atoms with van der Waals surface area (Å²) in [6.45, 7) is 0.495. The number of nitrogen functional groups attached to an aromatic ring is 1. The highest BCUT2D eigenvalue weighted by Crippen LogP contribution is 2.27. The molecule has 0 aliphatic rings. The second-order valence-corrected chi connectivity index (χ2v) is 5.23. The van der Waals surface area contributed by atoms with Crippen LogP contribution in [0.3, 0.4) is 0 Å². The van der Waals surface area contributed by atoms with Gasteiger partial charge in [-0.25, -0.2) is 13.8 Å². The van der Waals surface area contributed by atoms with Crippen molar-refractivity contribution < 1.29 is 8.78 Å². The molecular weight excluding hydrogens is 298 g/mol. The number of hydrogen-bond donors (Lipinski definition) is 1. The molecule has 4 nitrogen and oxygen atoms in total. The Bertz CT molecular complexity index is 892. The van der Waals surface area contributed by atoms with Gasteiger partial charge in [-0.15, -0.1) is 0 Å². The summed E-state index contributed by atoms with van der Waals surface area (Å²) in [6.07, 6.45) is 0.980. The summed E-state index contributed by atoms with van der Waals surface area (Å²) < 4.78 is 28.9. The quantitative estimate of drug-likeness (QED) is 0.587. The number of hydrogen-bond acceptors (Lipinski definition) is 3. The zero-order valence-corrected chi connectivity index (χ0v) is 12.3. The van der Waals surface area contributed by atoms with Gasteiger partial charge in [-0.3, -0.25) is 0 Å². The minimum atomic E-state index is -0.928. The van der Waals surface area contributed by atoms with Crippen molar-refractivity contribution in [3.63, 3.8) is 0 Å². The van der Waals surface area contributed by atoms with E-state index in [1.54, 1.807) is 16.7 Å². The standard InChI is InChI=1S/C17H14F2N4/c18-13-9-15-16(10-14(13)19)23(8-2-1-7-20)17(22-15)11-3-5-12(21)6-4-11/h3-6,9-10H,1-2,8,21H2. The Labute approximate surface area is 131 Å². The lowest BCUT2D eigenvalue weighted by molar-refractivity contribution is 0.510. The number of nitriles is 1. The Balaban J connectivity index is 2.16. The van der Waals surface area contributed by atoms with E-state index in [-0.39, 0.29) is 0 Å². The fourth-order valence-corrected chi connectivity index (χ4v) is 2.52. The largest absolute Gasteiger partial charge is 0.399 e. The van der Waals surface area contributed by atoms with Gasteiger partial charge in [0.25, 0.3) is 0 Å². The monoisotopic (exact) mass is 312 g/mol. The molecule has 6 heteroatoms. The minimum absolute atomic E-state index is 0.379. The van der Waals surface area contributed by atoms with Crippen LogP contribution in [0.25, 0.3) is 22.4 Å². The maximum atomic E-state index is 13.6. The molecule has 1 aromatic heterocycles. The van der Waals surface area contributed by atoms with E-state index in [1.165, 1.54) is 0 Å². The smallest absolute Gasteiger partial charge is 0.161 e. The lowest BCUT2D eigenvalue weighted by Crippen LogP contribution is -2.01. The van der Waals surface area contributed by atoms with E-state index in [9.17, 15) is 8.78 Å². The highest BCUT2D eigenvalue weighted by atomic mass is 19.2. The molecule has 0 bridgehead atoms. The molecule has 0 fully saturated rings. The summed E-state index contributed by atoms with van der Waals surface area (Å²) in [6, 6.07) is 11.4. The highest BCUT2D eigenvalue weighted by molar-refractivity contribution is 5.81. The Morgan fingerprint density at radius 2 is 1.83 bits per heavy atom. The second kappa shape index (κ2) is 6.05. The van der Waals surface area contributed by atoms with Gasteiger partial charge in [-0.05, 0) is 30.7 Å². The van der Waals surface area contributed by atoms with Crippen LogP contribution >= 0.6 is 0 Å². The third-order valence-electron chi connectivity index (χ3n) is 3.63. The number of halogens is 2. The van der Waals surface area contributed by atoms with Crippen molar-refractivity contribution in [1.82, 2.24) is 9.55 Å². The van der Waals surface area contributed by atoms with Gasteiger partial charge < -0.3 is 10.3 Å². The van der Waals surface area contributed by atoms with Gasteiger partial charge in [0.2, 0.25) is 0 Å². The molecule has 2 aromatic carbocycles. The van der Waals surface area contributed by atoms with Gasteiger partial charge >= 0.3 is 0 Å². The number of aromatic nitrogens is 2. The van der Waals surface area contributed by atoms with E-state index in [2.05, 4.69) is 11.1 Å². The molecule has 0 saturated carbocycles. The van der Waals surface area contributed by atoms with Crippen LogP contribution in [0.1, 0.15) is 12.8 Å². The van der Waals surface area contributed by atoms with Gasteiger partial charge in [-0.2, -0.15) is 5.26 Å². The van der Waals surface area contributed by atoms with Crippen LogP contribution in [0.4, 0.5) is 14.5 Å². The van der Waals surface area contributed by atoms with Gasteiger partial charge in [-0.1, -0.05) is 0 Å². The molecule has 0 atom stereocenters. The average molecular weight is 312 g/mol. The molecule has 0 unspecified atom stereocenters. The fraction of sp³-hybridized carbons (Fsp3) is 0.176. The topological polar surface area (TPSA) is 67.6 Å². The zero-order valence-electron chi connectivity index (χ0n) is 12.3. The van der Waals surface area contributed by atoms with Gasteiger partial charge in [0.05, 0.1) is 17.1 Å². The van der Waals surface area contributed by atoms with E-state index < -0.39 is 11.6 Å². The molecule has 3 aromatic rings. The first-order valence-electron chi connectivity index (χ1n) is 7.18. The molecule has 0 aliphatic carbocycles. The second-order valence-electron chi connectivity index (χ2n) is 5.23. The van der Waals surface area contributed by atoms with Crippen LogP contribution in [0.5, 0.6) is 0 Å². The Kier molecular flexibility index (Phi) is 3.94. The predicted octanol–water partition coefficient (Wildman–Crippen LogP) is 3.87. The third kappa shape index (κ3) is 2.86. The van der Waals surface area contributed by atoms with Crippen LogP contribution in [0, 0.1) is 23.0 Å². The molecule has 0 amide bonds. The molecule has 116 valence electrons. The van der Waals surface area contributed by atoms with Crippen molar-refractivity contribution in [1.29, 1.82) is 5.26 Å². The molecular formula is C17H14F2N4. The summed E-state index contributed by atoms with van der Waals surface area (Å²) in [4.78, 5) is 4.43. The van der Waals surface area contributed by atoms with Crippen molar-refractivity contribution in [3.05, 3.63) is 48.0 Å². The molecule has 0 spiro atoms. The molecule has 0 aliphatic heterocycles.